The second-order valence-electron chi connectivity index (χ2n) is 7.93. The van der Waals surface area contributed by atoms with Crippen LogP contribution in [0.5, 0.6) is 0 Å². The highest BCUT2D eigenvalue weighted by Gasteiger charge is 2.34. The lowest BCUT2D eigenvalue weighted by Gasteiger charge is -2.17. The van der Waals surface area contributed by atoms with Gasteiger partial charge in [-0.1, -0.05) is 60.4 Å². The zero-order chi connectivity index (χ0) is 24.0. The topological polar surface area (TPSA) is 76.6 Å². The minimum Gasteiger partial charge on any atom is -0.456 e. The smallest absolute Gasteiger partial charge is 0.280 e. The lowest BCUT2D eigenvalue weighted by atomic mass is 10.0. The quantitative estimate of drug-likeness (QED) is 0.133. The van der Waals surface area contributed by atoms with Crippen molar-refractivity contribution < 1.29 is 14.1 Å². The molecule has 2 heterocycles. The van der Waals surface area contributed by atoms with Gasteiger partial charge in [0.25, 0.3) is 11.6 Å². The molecule has 0 saturated carbocycles. The molecule has 8 heteroatoms. The van der Waals surface area contributed by atoms with Gasteiger partial charge in [-0.2, -0.15) is 0 Å². The Labute approximate surface area is 205 Å². The zero-order valence-corrected chi connectivity index (χ0v) is 19.9. The van der Waals surface area contributed by atoms with E-state index in [1.165, 1.54) is 16.7 Å². The number of hydrogen-bond donors (Lipinski definition) is 0. The molecule has 1 fully saturated rings. The molecular weight excluding hydrogens is 468 g/mol. The number of nitro groups is 1. The van der Waals surface area contributed by atoms with Crippen molar-refractivity contribution in [2.45, 2.75) is 13.8 Å². The predicted molar refractivity (Wildman–Crippen MR) is 140 cm³/mol. The van der Waals surface area contributed by atoms with E-state index in [1.807, 2.05) is 56.3 Å². The van der Waals surface area contributed by atoms with E-state index in [-0.39, 0.29) is 11.6 Å². The number of anilines is 1. The molecule has 34 heavy (non-hydrogen) atoms. The summed E-state index contributed by atoms with van der Waals surface area (Å²) in [4.78, 5) is 26.4. The number of aryl methyl sites for hydroxylation is 2. The highest BCUT2D eigenvalue weighted by Crippen LogP contribution is 2.40. The van der Waals surface area contributed by atoms with Crippen molar-refractivity contribution in [1.82, 2.24) is 0 Å². The van der Waals surface area contributed by atoms with Crippen LogP contribution >= 0.6 is 24.0 Å². The summed E-state index contributed by atoms with van der Waals surface area (Å²) in [6, 6.07) is 20.2. The first-order valence-corrected chi connectivity index (χ1v) is 11.7. The van der Waals surface area contributed by atoms with Crippen molar-refractivity contribution in [3.8, 4) is 11.3 Å². The van der Waals surface area contributed by atoms with Crippen LogP contribution in [0.3, 0.4) is 0 Å². The second-order valence-corrected chi connectivity index (χ2v) is 9.60. The van der Waals surface area contributed by atoms with Crippen molar-refractivity contribution >= 4 is 62.4 Å². The Morgan fingerprint density at radius 1 is 1.03 bits per heavy atom. The van der Waals surface area contributed by atoms with Gasteiger partial charge in [0.1, 0.15) is 11.5 Å². The van der Waals surface area contributed by atoms with Gasteiger partial charge >= 0.3 is 0 Å². The third-order valence-corrected chi connectivity index (χ3v) is 7.08. The molecule has 0 unspecified atom stereocenters. The van der Waals surface area contributed by atoms with Crippen molar-refractivity contribution in [2.75, 3.05) is 4.90 Å². The van der Waals surface area contributed by atoms with E-state index in [0.717, 1.165) is 27.6 Å². The van der Waals surface area contributed by atoms with Gasteiger partial charge in [-0.05, 0) is 54.6 Å². The number of nitro benzene ring substituents is 1. The second kappa shape index (κ2) is 8.55. The van der Waals surface area contributed by atoms with Gasteiger partial charge in [0.15, 0.2) is 4.32 Å². The predicted octanol–water partition coefficient (Wildman–Crippen LogP) is 7.03. The molecule has 3 aromatic carbocycles. The molecule has 0 spiro atoms. The van der Waals surface area contributed by atoms with Crippen LogP contribution in [0, 0.1) is 24.0 Å². The van der Waals surface area contributed by atoms with E-state index in [2.05, 4.69) is 0 Å². The van der Waals surface area contributed by atoms with Gasteiger partial charge in [-0.3, -0.25) is 19.8 Å². The molecule has 4 aromatic rings. The number of fused-ring (bicyclic) bond motifs is 1. The van der Waals surface area contributed by atoms with Gasteiger partial charge in [0.05, 0.1) is 21.1 Å². The maximum Gasteiger partial charge on any atom is 0.280 e. The largest absolute Gasteiger partial charge is 0.456 e. The minimum atomic E-state index is -0.417. The van der Waals surface area contributed by atoms with Crippen LogP contribution in [0.25, 0.3) is 28.2 Å². The Bertz CT molecular complexity index is 1530. The molecule has 1 aliphatic heterocycles. The fraction of sp³-hybridized carbons (Fsp3) is 0.0769. The molecule has 1 aromatic heterocycles. The number of amides is 1. The summed E-state index contributed by atoms with van der Waals surface area (Å²) in [6.07, 6.45) is 1.63. The highest BCUT2D eigenvalue weighted by molar-refractivity contribution is 8.27. The summed E-state index contributed by atoms with van der Waals surface area (Å²) in [6.45, 7) is 3.72. The first-order valence-electron chi connectivity index (χ1n) is 10.4. The van der Waals surface area contributed by atoms with E-state index < -0.39 is 4.92 Å². The van der Waals surface area contributed by atoms with Crippen molar-refractivity contribution in [3.05, 3.63) is 98.6 Å². The Kier molecular flexibility index (Phi) is 5.55. The number of thiocarbonyl (C=S) groups is 1. The van der Waals surface area contributed by atoms with Gasteiger partial charge < -0.3 is 4.42 Å². The standard InChI is InChI=1S/C26H18N2O4S2/c1-15-12-20(22(28(30)31)13-16(15)2)23-11-10-18(32-23)14-24-25(29)27(26(33)34-24)21-9-5-7-17-6-3-4-8-19(17)21/h3-14H,1-2H3/b24-14+. The van der Waals surface area contributed by atoms with Gasteiger partial charge in [-0.15, -0.1) is 0 Å². The fourth-order valence-electron chi connectivity index (χ4n) is 3.93. The average Bonchev–Trinajstić information content (AvgIpc) is 3.39. The van der Waals surface area contributed by atoms with Crippen LogP contribution in [0.2, 0.25) is 0 Å². The van der Waals surface area contributed by atoms with Crippen LogP contribution in [-0.4, -0.2) is 15.2 Å². The monoisotopic (exact) mass is 486 g/mol. The number of furan rings is 1. The van der Waals surface area contributed by atoms with Crippen LogP contribution in [0.15, 0.2) is 76.1 Å². The Morgan fingerprint density at radius 3 is 2.56 bits per heavy atom. The molecule has 1 saturated heterocycles. The summed E-state index contributed by atoms with van der Waals surface area (Å²) in [5.74, 6) is 0.549. The van der Waals surface area contributed by atoms with E-state index in [0.29, 0.717) is 26.3 Å². The van der Waals surface area contributed by atoms with E-state index in [9.17, 15) is 14.9 Å². The first kappa shape index (κ1) is 22.1. The van der Waals surface area contributed by atoms with Crippen molar-refractivity contribution in [2.24, 2.45) is 0 Å². The molecule has 5 rings (SSSR count). The summed E-state index contributed by atoms with van der Waals surface area (Å²) < 4.78 is 6.34. The normalized spacial score (nSPS) is 15.0. The molecule has 0 aliphatic carbocycles. The van der Waals surface area contributed by atoms with Crippen LogP contribution in [0.1, 0.15) is 16.9 Å². The number of benzene rings is 3. The van der Waals surface area contributed by atoms with Gasteiger partial charge in [-0.25, -0.2) is 0 Å². The molecule has 168 valence electrons. The number of carbonyl (C=O) groups excluding carboxylic acids is 1. The SMILES string of the molecule is Cc1cc(-c2ccc(/C=C3/SC(=S)N(c4cccc5ccccc45)C3=O)o2)c([N+](=O)[O-])cc1C. The van der Waals surface area contributed by atoms with E-state index >= 15 is 0 Å². The Morgan fingerprint density at radius 2 is 1.76 bits per heavy atom. The summed E-state index contributed by atoms with van der Waals surface area (Å²) in [5, 5.41) is 13.5. The Hall–Kier alpha value is -3.75. The zero-order valence-electron chi connectivity index (χ0n) is 18.3. The number of hydrogen-bond acceptors (Lipinski definition) is 6. The summed E-state index contributed by atoms with van der Waals surface area (Å²) in [5.41, 5.74) is 2.87. The average molecular weight is 487 g/mol. The molecule has 1 aliphatic rings. The lowest BCUT2D eigenvalue weighted by Crippen LogP contribution is -2.27. The molecule has 0 atom stereocenters. The molecule has 0 N–H and O–H groups in total. The molecule has 1 amide bonds. The summed E-state index contributed by atoms with van der Waals surface area (Å²) >= 11 is 6.73. The maximum atomic E-state index is 13.3. The molecule has 0 bridgehead atoms. The van der Waals surface area contributed by atoms with E-state index in [1.54, 1.807) is 30.3 Å². The van der Waals surface area contributed by atoms with Crippen LogP contribution < -0.4 is 4.90 Å². The number of nitrogens with zero attached hydrogens (tertiary/aromatic N) is 2. The summed E-state index contributed by atoms with van der Waals surface area (Å²) in [7, 11) is 0. The minimum absolute atomic E-state index is 0.0220. The number of thioether (sulfide) groups is 1. The van der Waals surface area contributed by atoms with Crippen LogP contribution in [0.4, 0.5) is 11.4 Å². The molecular formula is C26H18N2O4S2. The molecule has 6 nitrogen and oxygen atoms in total. The number of carbonyl (C=O) groups is 1. The first-order chi connectivity index (χ1) is 16.3. The van der Waals surface area contributed by atoms with Crippen molar-refractivity contribution in [3.63, 3.8) is 0 Å². The van der Waals surface area contributed by atoms with Gasteiger partial charge in [0, 0.05) is 17.5 Å². The fourth-order valence-corrected chi connectivity index (χ4v) is 5.20. The van der Waals surface area contributed by atoms with Crippen molar-refractivity contribution in [1.29, 1.82) is 0 Å². The highest BCUT2D eigenvalue weighted by atomic mass is 32.2. The van der Waals surface area contributed by atoms with Gasteiger partial charge in [0.2, 0.25) is 0 Å². The number of rotatable bonds is 4. The van der Waals surface area contributed by atoms with E-state index in [4.69, 9.17) is 16.6 Å². The maximum absolute atomic E-state index is 13.3. The third-order valence-electron chi connectivity index (χ3n) is 5.78. The third kappa shape index (κ3) is 3.81. The molecule has 0 radical (unpaired) electrons. The van der Waals surface area contributed by atoms with Crippen LogP contribution in [-0.2, 0) is 4.79 Å². The lowest BCUT2D eigenvalue weighted by molar-refractivity contribution is -0.384. The Balaban J connectivity index is 1.50.